The Balaban J connectivity index is 0.00000221. The molecule has 0 aliphatic carbocycles. The van der Waals surface area contributed by atoms with E-state index in [9.17, 15) is 15.8 Å². The zero-order chi connectivity index (χ0) is 40.5. The Hall–Kier alpha value is -8.66. The number of fused-ring (bicyclic) bond motifs is 3. The molecule has 1 N–H and O–H groups in total. The molecule has 12 heteroatoms. The zero-order valence-electron chi connectivity index (χ0n) is 31.9. The zero-order valence-corrected chi connectivity index (χ0v) is 31.9. The van der Waals surface area contributed by atoms with Crippen LogP contribution in [-0.4, -0.2) is 34.1 Å². The number of benzene rings is 4. The number of aromatic nitrogens is 7. The highest BCUT2D eigenvalue weighted by Crippen LogP contribution is 2.46. The van der Waals surface area contributed by atoms with E-state index < -0.39 is 6.17 Å². The van der Waals surface area contributed by atoms with Crippen LogP contribution in [0.5, 0.6) is 0 Å². The van der Waals surface area contributed by atoms with E-state index in [-0.39, 0.29) is 0 Å². The molecule has 12 nitrogen and oxygen atoms in total. The minimum Gasteiger partial charge on any atom is -0.358 e. The first kappa shape index (κ1) is 36.0. The van der Waals surface area contributed by atoms with Crippen LogP contribution in [-0.2, 0) is 0 Å². The van der Waals surface area contributed by atoms with E-state index in [2.05, 4.69) is 40.6 Å². The molecule has 5 aromatic heterocycles. The summed E-state index contributed by atoms with van der Waals surface area (Å²) in [6.45, 7) is 4.00. The minimum atomic E-state index is -0.488. The number of hydrogen-bond donors (Lipinski definition) is 1. The van der Waals surface area contributed by atoms with Crippen molar-refractivity contribution < 1.29 is 0 Å². The number of imidazole rings is 2. The largest absolute Gasteiger partial charge is 0.358 e. The van der Waals surface area contributed by atoms with Crippen LogP contribution in [0.4, 0.5) is 17.2 Å². The molecule has 6 heterocycles. The summed E-state index contributed by atoms with van der Waals surface area (Å²) in [5.41, 5.74) is 9.54. The van der Waals surface area contributed by atoms with Gasteiger partial charge in [-0.1, -0.05) is 32.0 Å². The topological polar surface area (TPSA) is 161 Å². The van der Waals surface area contributed by atoms with E-state index >= 15 is 0 Å². The standard InChI is InChI=1S/C45H26N12.C2H6/c46-25-28-7-1-10-34(19-28)55-40(52-37-13-4-16-49-43(37)55)31-22-32(41-53-38-14-5-17-50-44(38)56(41)35-11-2-8-29(20-35)26-47)24-33(23-31)42-54-39-15-6-18-51-45(39)57(42)36-12-3-9-30(21-36)27-48;1-2/h1-24,40,52H;1-2H3. The third-order valence-electron chi connectivity index (χ3n) is 9.91. The van der Waals surface area contributed by atoms with Gasteiger partial charge < -0.3 is 5.32 Å². The number of anilines is 3. The highest BCUT2D eigenvalue weighted by atomic mass is 15.4. The van der Waals surface area contributed by atoms with Crippen LogP contribution in [0.1, 0.15) is 42.3 Å². The van der Waals surface area contributed by atoms with Crippen LogP contribution in [0.2, 0.25) is 0 Å². The second kappa shape index (κ2) is 15.1. The Morgan fingerprint density at radius 2 is 1.00 bits per heavy atom. The van der Waals surface area contributed by atoms with Crippen molar-refractivity contribution in [2.24, 2.45) is 0 Å². The van der Waals surface area contributed by atoms with E-state index in [1.54, 1.807) is 36.8 Å². The van der Waals surface area contributed by atoms with Crippen molar-refractivity contribution in [1.82, 2.24) is 34.1 Å². The number of nitriles is 3. The Labute approximate surface area is 339 Å². The van der Waals surface area contributed by atoms with E-state index in [0.717, 1.165) is 39.4 Å². The van der Waals surface area contributed by atoms with Crippen LogP contribution < -0.4 is 10.2 Å². The molecule has 10 rings (SSSR count). The monoisotopic (exact) mass is 764 g/mol. The summed E-state index contributed by atoms with van der Waals surface area (Å²) >= 11 is 0. The Bertz CT molecular complexity index is 3040. The fourth-order valence-corrected chi connectivity index (χ4v) is 7.46. The summed E-state index contributed by atoms with van der Waals surface area (Å²) in [5.74, 6) is 1.90. The first-order chi connectivity index (χ1) is 29.1. The summed E-state index contributed by atoms with van der Waals surface area (Å²) in [7, 11) is 0. The SMILES string of the molecule is CC.N#Cc1cccc(N2c3ncccc3NC2c2cc(-c3nc4cccnc4n3-c3cccc(C#N)c3)cc(-c3nc4cccnc4n3-c3cccc(C#N)c3)c2)c1. The molecule has 59 heavy (non-hydrogen) atoms. The molecule has 280 valence electrons. The van der Waals surface area contributed by atoms with Crippen LogP contribution in [0.3, 0.4) is 0 Å². The van der Waals surface area contributed by atoms with Crippen molar-refractivity contribution in [3.8, 4) is 52.4 Å². The molecule has 1 unspecified atom stereocenters. The van der Waals surface area contributed by atoms with Gasteiger partial charge in [-0.25, -0.2) is 24.9 Å². The van der Waals surface area contributed by atoms with E-state index in [4.69, 9.17) is 24.9 Å². The molecule has 1 aliphatic heterocycles. The lowest BCUT2D eigenvalue weighted by atomic mass is 10.0. The highest BCUT2D eigenvalue weighted by molar-refractivity contribution is 5.86. The maximum absolute atomic E-state index is 9.87. The lowest BCUT2D eigenvalue weighted by molar-refractivity contribution is 0.820. The van der Waals surface area contributed by atoms with Gasteiger partial charge >= 0.3 is 0 Å². The van der Waals surface area contributed by atoms with E-state index in [1.807, 2.05) is 120 Å². The summed E-state index contributed by atoms with van der Waals surface area (Å²) in [5, 5.41) is 33.3. The van der Waals surface area contributed by atoms with Crippen molar-refractivity contribution >= 4 is 39.5 Å². The molecule has 0 bridgehead atoms. The third-order valence-corrected chi connectivity index (χ3v) is 9.91. The van der Waals surface area contributed by atoms with Gasteiger partial charge in [-0.15, -0.1) is 0 Å². The molecule has 0 fully saturated rings. The lowest BCUT2D eigenvalue weighted by Crippen LogP contribution is -2.24. The molecular weight excluding hydrogens is 733 g/mol. The summed E-state index contributed by atoms with van der Waals surface area (Å²) in [4.78, 5) is 26.7. The molecule has 1 aliphatic rings. The Kier molecular flexibility index (Phi) is 9.22. The fourth-order valence-electron chi connectivity index (χ4n) is 7.46. The number of hydrogen-bond acceptors (Lipinski definition) is 10. The van der Waals surface area contributed by atoms with Gasteiger partial charge in [-0.2, -0.15) is 15.8 Å². The molecular formula is C47H32N12. The predicted octanol–water partition coefficient (Wildman–Crippen LogP) is 9.79. The van der Waals surface area contributed by atoms with Gasteiger partial charge in [0.25, 0.3) is 0 Å². The summed E-state index contributed by atoms with van der Waals surface area (Å²) < 4.78 is 3.93. The van der Waals surface area contributed by atoms with Gasteiger partial charge in [0, 0.05) is 35.4 Å². The Morgan fingerprint density at radius 1 is 0.525 bits per heavy atom. The number of pyridine rings is 3. The van der Waals surface area contributed by atoms with Gasteiger partial charge in [-0.3, -0.25) is 14.0 Å². The summed E-state index contributed by atoms with van der Waals surface area (Å²) in [6.07, 6.45) is 4.72. The fraction of sp³-hybridized carbons (Fsp3) is 0.0638. The highest BCUT2D eigenvalue weighted by Gasteiger charge is 2.34. The third kappa shape index (κ3) is 6.31. The van der Waals surface area contributed by atoms with Crippen molar-refractivity contribution in [3.05, 3.63) is 168 Å². The lowest BCUT2D eigenvalue weighted by Gasteiger charge is -2.27. The second-order valence-electron chi connectivity index (χ2n) is 13.4. The first-order valence-electron chi connectivity index (χ1n) is 18.9. The van der Waals surface area contributed by atoms with Crippen LogP contribution in [0, 0.1) is 34.0 Å². The average Bonchev–Trinajstić information content (AvgIpc) is 4.02. The van der Waals surface area contributed by atoms with Crippen molar-refractivity contribution in [3.63, 3.8) is 0 Å². The molecule has 9 aromatic rings. The van der Waals surface area contributed by atoms with Crippen molar-refractivity contribution in [2.45, 2.75) is 20.0 Å². The molecule has 0 amide bonds. The molecule has 0 radical (unpaired) electrons. The van der Waals surface area contributed by atoms with Crippen LogP contribution >= 0.6 is 0 Å². The minimum absolute atomic E-state index is 0.488. The second-order valence-corrected chi connectivity index (χ2v) is 13.4. The van der Waals surface area contributed by atoms with Gasteiger partial charge in [-0.05, 0) is 115 Å². The molecule has 0 saturated heterocycles. The first-order valence-corrected chi connectivity index (χ1v) is 18.9. The van der Waals surface area contributed by atoms with Gasteiger partial charge in [0.05, 0.1) is 52.0 Å². The Morgan fingerprint density at radius 3 is 1.53 bits per heavy atom. The smallest absolute Gasteiger partial charge is 0.164 e. The predicted molar refractivity (Wildman–Crippen MR) is 227 cm³/mol. The van der Waals surface area contributed by atoms with Gasteiger partial charge in [0.2, 0.25) is 0 Å². The molecule has 0 spiro atoms. The van der Waals surface area contributed by atoms with Crippen molar-refractivity contribution in [2.75, 3.05) is 10.2 Å². The number of rotatable bonds is 6. The van der Waals surface area contributed by atoms with Crippen molar-refractivity contribution in [1.29, 1.82) is 15.8 Å². The molecule has 4 aromatic carbocycles. The van der Waals surface area contributed by atoms with Gasteiger partial charge in [0.1, 0.15) is 28.8 Å². The normalized spacial score (nSPS) is 12.8. The maximum Gasteiger partial charge on any atom is 0.164 e. The number of nitrogens with zero attached hydrogens (tertiary/aromatic N) is 11. The van der Waals surface area contributed by atoms with Crippen LogP contribution in [0.25, 0.3) is 56.5 Å². The van der Waals surface area contributed by atoms with E-state index in [0.29, 0.717) is 56.5 Å². The number of nitrogens with one attached hydrogen (secondary N) is 1. The maximum atomic E-state index is 9.87. The molecule has 1 atom stereocenters. The van der Waals surface area contributed by atoms with Gasteiger partial charge in [0.15, 0.2) is 17.1 Å². The quantitative estimate of drug-likeness (QED) is 0.173. The average molecular weight is 765 g/mol. The summed E-state index contributed by atoms with van der Waals surface area (Å²) in [6, 6.07) is 46.6. The van der Waals surface area contributed by atoms with Crippen LogP contribution in [0.15, 0.2) is 146 Å². The van der Waals surface area contributed by atoms with E-state index in [1.165, 1.54) is 0 Å². The molecule has 0 saturated carbocycles.